The number of pyridine rings is 1. The monoisotopic (exact) mass is 246 g/mol. The van der Waals surface area contributed by atoms with Crippen molar-refractivity contribution < 1.29 is 21.5 Å². The molecule has 0 fully saturated rings. The molecule has 0 amide bonds. The predicted molar refractivity (Wildman–Crippen MR) is 51.4 cm³/mol. The quantitative estimate of drug-likeness (QED) is 0.589. The summed E-state index contributed by atoms with van der Waals surface area (Å²) < 4.78 is 43.5. The SMILES string of the molecule is CS(=O)(=O)OCc1noc2nc(F)ccc12. The van der Waals surface area contributed by atoms with Gasteiger partial charge in [-0.15, -0.1) is 0 Å². The van der Waals surface area contributed by atoms with Crippen molar-refractivity contribution in [3.8, 4) is 0 Å². The molecule has 0 radical (unpaired) electrons. The largest absolute Gasteiger partial charge is 0.335 e. The molecule has 0 aromatic carbocycles. The van der Waals surface area contributed by atoms with Gasteiger partial charge in [-0.25, -0.2) is 0 Å². The van der Waals surface area contributed by atoms with E-state index in [2.05, 4.69) is 14.3 Å². The van der Waals surface area contributed by atoms with Gasteiger partial charge in [0.15, 0.2) is 0 Å². The number of fused-ring (bicyclic) bond motifs is 1. The third-order valence-electron chi connectivity index (χ3n) is 1.79. The topological polar surface area (TPSA) is 82.3 Å². The Bertz CT molecular complexity index is 622. The highest BCUT2D eigenvalue weighted by Gasteiger charge is 2.12. The maximum atomic E-state index is 12.7. The molecule has 0 aliphatic carbocycles. The first-order valence-electron chi connectivity index (χ1n) is 4.21. The second-order valence-electron chi connectivity index (χ2n) is 3.08. The normalized spacial score (nSPS) is 12.1. The lowest BCUT2D eigenvalue weighted by atomic mass is 10.3. The van der Waals surface area contributed by atoms with E-state index in [1.807, 2.05) is 0 Å². The molecule has 0 saturated carbocycles. The van der Waals surface area contributed by atoms with E-state index in [1.54, 1.807) is 0 Å². The van der Waals surface area contributed by atoms with Gasteiger partial charge in [0.1, 0.15) is 12.3 Å². The summed E-state index contributed by atoms with van der Waals surface area (Å²) in [4.78, 5) is 3.44. The lowest BCUT2D eigenvalue weighted by molar-refractivity contribution is 0.298. The van der Waals surface area contributed by atoms with Crippen molar-refractivity contribution in [1.82, 2.24) is 10.1 Å². The Kier molecular flexibility index (Phi) is 2.60. The average molecular weight is 246 g/mol. The molecule has 0 atom stereocenters. The van der Waals surface area contributed by atoms with Crippen molar-refractivity contribution in [2.24, 2.45) is 0 Å². The van der Waals surface area contributed by atoms with E-state index in [4.69, 9.17) is 4.52 Å². The first kappa shape index (κ1) is 11.0. The Balaban J connectivity index is 2.32. The molecule has 0 saturated heterocycles. The van der Waals surface area contributed by atoms with Gasteiger partial charge in [0.25, 0.3) is 15.8 Å². The Morgan fingerprint density at radius 2 is 2.25 bits per heavy atom. The van der Waals surface area contributed by atoms with Crippen LogP contribution in [-0.2, 0) is 20.9 Å². The number of aromatic nitrogens is 2. The van der Waals surface area contributed by atoms with Gasteiger partial charge in [-0.1, -0.05) is 5.16 Å². The lowest BCUT2D eigenvalue weighted by Crippen LogP contribution is -2.02. The molecule has 0 aliphatic heterocycles. The summed E-state index contributed by atoms with van der Waals surface area (Å²) in [5.74, 6) is -0.695. The van der Waals surface area contributed by atoms with E-state index in [1.165, 1.54) is 6.07 Å². The lowest BCUT2D eigenvalue weighted by Gasteiger charge is -1.96. The minimum atomic E-state index is -3.55. The molecular formula is C8H7FN2O4S. The summed E-state index contributed by atoms with van der Waals surface area (Å²) in [5.41, 5.74) is 0.264. The van der Waals surface area contributed by atoms with Crippen molar-refractivity contribution in [1.29, 1.82) is 0 Å². The van der Waals surface area contributed by atoms with Crippen LogP contribution in [0.1, 0.15) is 5.69 Å². The van der Waals surface area contributed by atoms with E-state index in [9.17, 15) is 12.8 Å². The summed E-state index contributed by atoms with van der Waals surface area (Å²) in [6.45, 7) is -0.265. The van der Waals surface area contributed by atoms with Crippen molar-refractivity contribution in [2.75, 3.05) is 6.26 Å². The van der Waals surface area contributed by atoms with Gasteiger partial charge in [0.05, 0.1) is 11.6 Å². The highest BCUT2D eigenvalue weighted by atomic mass is 32.2. The fraction of sp³-hybridized carbons (Fsp3) is 0.250. The maximum Gasteiger partial charge on any atom is 0.264 e. The third kappa shape index (κ3) is 2.34. The number of halogens is 1. The molecule has 0 bridgehead atoms. The Hall–Kier alpha value is -1.54. The van der Waals surface area contributed by atoms with Gasteiger partial charge in [-0.05, 0) is 12.1 Å². The molecule has 0 spiro atoms. The zero-order chi connectivity index (χ0) is 11.8. The van der Waals surface area contributed by atoms with Crippen LogP contribution >= 0.6 is 0 Å². The van der Waals surface area contributed by atoms with Crippen LogP contribution in [0.4, 0.5) is 4.39 Å². The molecule has 2 heterocycles. The van der Waals surface area contributed by atoms with E-state index in [-0.39, 0.29) is 18.0 Å². The second kappa shape index (κ2) is 3.80. The molecule has 0 aliphatic rings. The highest BCUT2D eigenvalue weighted by molar-refractivity contribution is 7.85. The fourth-order valence-electron chi connectivity index (χ4n) is 1.12. The van der Waals surface area contributed by atoms with Crippen LogP contribution in [0.5, 0.6) is 0 Å². The van der Waals surface area contributed by atoms with Crippen LogP contribution < -0.4 is 0 Å². The van der Waals surface area contributed by atoms with Crippen molar-refractivity contribution in [3.63, 3.8) is 0 Å². The molecule has 0 N–H and O–H groups in total. The number of hydrogen-bond donors (Lipinski definition) is 0. The van der Waals surface area contributed by atoms with E-state index < -0.39 is 16.1 Å². The second-order valence-corrected chi connectivity index (χ2v) is 4.73. The molecular weight excluding hydrogens is 239 g/mol. The summed E-state index contributed by atoms with van der Waals surface area (Å²) in [5, 5.41) is 3.97. The average Bonchev–Trinajstić information content (AvgIpc) is 2.56. The molecule has 2 aromatic heterocycles. The Labute approximate surface area is 90.1 Å². The predicted octanol–water partition coefficient (Wildman–Crippen LogP) is 0.838. The standard InChI is InChI=1S/C8H7FN2O4S/c1-16(12,13)14-4-6-5-2-3-7(9)10-8(5)15-11-6/h2-3H,4H2,1H3. The van der Waals surface area contributed by atoms with Gasteiger partial charge >= 0.3 is 0 Å². The summed E-state index contributed by atoms with van der Waals surface area (Å²) in [6.07, 6.45) is 0.924. The summed E-state index contributed by atoms with van der Waals surface area (Å²) >= 11 is 0. The van der Waals surface area contributed by atoms with Crippen LogP contribution in [0.25, 0.3) is 11.1 Å². The molecule has 6 nitrogen and oxygen atoms in total. The maximum absolute atomic E-state index is 12.7. The van der Waals surface area contributed by atoms with Crippen molar-refractivity contribution in [3.05, 3.63) is 23.8 Å². The van der Waals surface area contributed by atoms with Crippen LogP contribution in [0.3, 0.4) is 0 Å². The Morgan fingerprint density at radius 3 is 2.94 bits per heavy atom. The molecule has 2 aromatic rings. The van der Waals surface area contributed by atoms with Gasteiger partial charge in [-0.2, -0.15) is 17.8 Å². The third-order valence-corrected chi connectivity index (χ3v) is 2.34. The van der Waals surface area contributed by atoms with E-state index in [0.717, 1.165) is 12.3 Å². The minimum absolute atomic E-state index is 0.00658. The van der Waals surface area contributed by atoms with E-state index >= 15 is 0 Å². The van der Waals surface area contributed by atoms with Crippen LogP contribution in [-0.4, -0.2) is 24.8 Å². The zero-order valence-electron chi connectivity index (χ0n) is 8.18. The van der Waals surface area contributed by atoms with Gasteiger partial charge < -0.3 is 4.52 Å². The smallest absolute Gasteiger partial charge is 0.264 e. The van der Waals surface area contributed by atoms with Gasteiger partial charge in [0.2, 0.25) is 5.95 Å². The Morgan fingerprint density at radius 1 is 1.50 bits per heavy atom. The molecule has 2 rings (SSSR count). The zero-order valence-corrected chi connectivity index (χ0v) is 8.99. The van der Waals surface area contributed by atoms with Gasteiger partial charge in [-0.3, -0.25) is 4.18 Å². The van der Waals surface area contributed by atoms with Gasteiger partial charge in [0, 0.05) is 0 Å². The highest BCUT2D eigenvalue weighted by Crippen LogP contribution is 2.17. The fourth-order valence-corrected chi connectivity index (χ4v) is 1.45. The van der Waals surface area contributed by atoms with Crippen LogP contribution in [0.2, 0.25) is 0 Å². The van der Waals surface area contributed by atoms with Crippen molar-refractivity contribution >= 4 is 21.2 Å². The first-order chi connectivity index (χ1) is 7.46. The summed E-state index contributed by atoms with van der Waals surface area (Å²) in [6, 6.07) is 2.53. The number of nitrogens with zero attached hydrogens (tertiary/aromatic N) is 2. The molecule has 86 valence electrons. The summed E-state index contributed by atoms with van der Waals surface area (Å²) in [7, 11) is -3.55. The number of rotatable bonds is 3. The molecule has 16 heavy (non-hydrogen) atoms. The van der Waals surface area contributed by atoms with Crippen molar-refractivity contribution in [2.45, 2.75) is 6.61 Å². The first-order valence-corrected chi connectivity index (χ1v) is 6.02. The minimum Gasteiger partial charge on any atom is -0.335 e. The number of hydrogen-bond acceptors (Lipinski definition) is 6. The molecule has 0 unspecified atom stereocenters. The molecule has 8 heteroatoms. The van der Waals surface area contributed by atoms with E-state index in [0.29, 0.717) is 5.39 Å². The van der Waals surface area contributed by atoms with Crippen LogP contribution in [0.15, 0.2) is 16.7 Å². The van der Waals surface area contributed by atoms with Crippen LogP contribution in [0, 0.1) is 5.95 Å².